The Morgan fingerprint density at radius 3 is 2.21 bits per heavy atom. The van der Waals surface area contributed by atoms with Crippen LogP contribution >= 0.6 is 0 Å². The first-order valence-electron chi connectivity index (χ1n) is 8.28. The van der Waals surface area contributed by atoms with E-state index >= 15 is 0 Å². The molecule has 0 aromatic rings. The predicted molar refractivity (Wildman–Crippen MR) is 79.1 cm³/mol. The summed E-state index contributed by atoms with van der Waals surface area (Å²) in [6.07, 6.45) is 13.0. The molecule has 2 rings (SSSR count). The van der Waals surface area contributed by atoms with Crippen LogP contribution in [0.1, 0.15) is 71.1 Å². The Labute approximate surface area is 117 Å². The maximum absolute atomic E-state index is 12.0. The van der Waals surface area contributed by atoms with Crippen molar-refractivity contribution in [3.63, 3.8) is 0 Å². The van der Waals surface area contributed by atoms with Crippen LogP contribution in [0.3, 0.4) is 0 Å². The van der Waals surface area contributed by atoms with Crippen LogP contribution in [0.15, 0.2) is 0 Å². The summed E-state index contributed by atoms with van der Waals surface area (Å²) < 4.78 is 0. The van der Waals surface area contributed by atoms with Crippen molar-refractivity contribution in [3.8, 4) is 0 Å². The largest absolute Gasteiger partial charge is 0.352 e. The highest BCUT2D eigenvalue weighted by Gasteiger charge is 2.22. The van der Waals surface area contributed by atoms with Crippen molar-refractivity contribution in [3.05, 3.63) is 0 Å². The number of rotatable bonds is 5. The summed E-state index contributed by atoms with van der Waals surface area (Å²) in [6.45, 7) is 2.73. The van der Waals surface area contributed by atoms with Gasteiger partial charge in [-0.1, -0.05) is 38.5 Å². The SMILES string of the molecule is C[C@H](NCC(=O)NC1CCCCCC1)C1CCCC1. The molecule has 19 heavy (non-hydrogen) atoms. The van der Waals surface area contributed by atoms with Gasteiger partial charge in [-0.05, 0) is 38.5 Å². The van der Waals surface area contributed by atoms with E-state index in [1.807, 2.05) is 0 Å². The molecule has 0 radical (unpaired) electrons. The van der Waals surface area contributed by atoms with E-state index in [-0.39, 0.29) is 5.91 Å². The first-order chi connectivity index (χ1) is 9.25. The van der Waals surface area contributed by atoms with Gasteiger partial charge in [-0.3, -0.25) is 4.79 Å². The highest BCUT2D eigenvalue weighted by atomic mass is 16.1. The van der Waals surface area contributed by atoms with Crippen molar-refractivity contribution in [2.45, 2.75) is 83.2 Å². The van der Waals surface area contributed by atoms with E-state index in [9.17, 15) is 4.79 Å². The summed E-state index contributed by atoms with van der Waals surface area (Å²) in [4.78, 5) is 12.0. The zero-order valence-electron chi connectivity index (χ0n) is 12.4. The number of hydrogen-bond acceptors (Lipinski definition) is 2. The molecule has 0 aromatic heterocycles. The lowest BCUT2D eigenvalue weighted by Crippen LogP contribution is -2.44. The quantitative estimate of drug-likeness (QED) is 0.751. The van der Waals surface area contributed by atoms with Crippen molar-refractivity contribution in [2.24, 2.45) is 5.92 Å². The molecule has 110 valence electrons. The summed E-state index contributed by atoms with van der Waals surface area (Å²) in [6, 6.07) is 0.918. The van der Waals surface area contributed by atoms with Crippen molar-refractivity contribution < 1.29 is 4.79 Å². The van der Waals surface area contributed by atoms with Gasteiger partial charge in [0, 0.05) is 12.1 Å². The molecule has 0 unspecified atom stereocenters. The Morgan fingerprint density at radius 2 is 1.58 bits per heavy atom. The van der Waals surface area contributed by atoms with E-state index in [1.165, 1.54) is 64.2 Å². The Hall–Kier alpha value is -0.570. The summed E-state index contributed by atoms with van der Waals surface area (Å²) >= 11 is 0. The average molecular weight is 266 g/mol. The van der Waals surface area contributed by atoms with Crippen LogP contribution in [0, 0.1) is 5.92 Å². The number of nitrogens with one attached hydrogen (secondary N) is 2. The molecule has 2 N–H and O–H groups in total. The average Bonchev–Trinajstić information content (AvgIpc) is 2.82. The van der Waals surface area contributed by atoms with Crippen LogP contribution < -0.4 is 10.6 Å². The molecule has 2 fully saturated rings. The second-order valence-corrected chi connectivity index (χ2v) is 6.47. The standard InChI is InChI=1S/C16H30N2O/c1-13(14-8-6-7-9-14)17-12-16(19)18-15-10-4-2-3-5-11-15/h13-15,17H,2-12H2,1H3,(H,18,19)/t13-/m0/s1. The van der Waals surface area contributed by atoms with Crippen molar-refractivity contribution in [1.82, 2.24) is 10.6 Å². The van der Waals surface area contributed by atoms with Gasteiger partial charge in [0.25, 0.3) is 0 Å². The lowest BCUT2D eigenvalue weighted by Gasteiger charge is -2.21. The zero-order chi connectivity index (χ0) is 13.5. The van der Waals surface area contributed by atoms with Crippen LogP contribution in [-0.2, 0) is 4.79 Å². The third kappa shape index (κ3) is 5.13. The second-order valence-electron chi connectivity index (χ2n) is 6.47. The number of carbonyl (C=O) groups is 1. The minimum absolute atomic E-state index is 0.191. The fourth-order valence-electron chi connectivity index (χ4n) is 3.58. The van der Waals surface area contributed by atoms with Crippen LogP contribution in [0.4, 0.5) is 0 Å². The number of amides is 1. The molecule has 2 aliphatic carbocycles. The molecule has 0 heterocycles. The molecule has 0 bridgehead atoms. The third-order valence-electron chi connectivity index (χ3n) is 4.91. The Balaban J connectivity index is 1.63. The summed E-state index contributed by atoms with van der Waals surface area (Å²) in [5.74, 6) is 0.974. The normalized spacial score (nSPS) is 24.1. The fourth-order valence-corrected chi connectivity index (χ4v) is 3.58. The summed E-state index contributed by atoms with van der Waals surface area (Å²) in [7, 11) is 0. The molecule has 0 spiro atoms. The van der Waals surface area contributed by atoms with Crippen LogP contribution in [0.2, 0.25) is 0 Å². The van der Waals surface area contributed by atoms with Gasteiger partial charge in [0.2, 0.25) is 5.91 Å². The Bertz CT molecular complexity index is 266. The third-order valence-corrected chi connectivity index (χ3v) is 4.91. The summed E-state index contributed by atoms with van der Waals surface area (Å²) in [5.41, 5.74) is 0. The minimum atomic E-state index is 0.191. The molecule has 0 aliphatic heterocycles. The van der Waals surface area contributed by atoms with E-state index in [4.69, 9.17) is 0 Å². The highest BCUT2D eigenvalue weighted by molar-refractivity contribution is 5.78. The number of carbonyl (C=O) groups excluding carboxylic acids is 1. The maximum atomic E-state index is 12.0. The van der Waals surface area contributed by atoms with Gasteiger partial charge in [0.15, 0.2) is 0 Å². The maximum Gasteiger partial charge on any atom is 0.234 e. The van der Waals surface area contributed by atoms with Crippen LogP contribution in [0.25, 0.3) is 0 Å². The van der Waals surface area contributed by atoms with E-state index in [0.29, 0.717) is 18.6 Å². The fraction of sp³-hybridized carbons (Fsp3) is 0.938. The Kier molecular flexibility index (Phi) is 6.15. The van der Waals surface area contributed by atoms with Crippen LogP contribution in [-0.4, -0.2) is 24.5 Å². The van der Waals surface area contributed by atoms with Crippen molar-refractivity contribution >= 4 is 5.91 Å². The highest BCUT2D eigenvalue weighted by Crippen LogP contribution is 2.27. The monoisotopic (exact) mass is 266 g/mol. The topological polar surface area (TPSA) is 41.1 Å². The van der Waals surface area contributed by atoms with Gasteiger partial charge in [-0.25, -0.2) is 0 Å². The van der Waals surface area contributed by atoms with Crippen molar-refractivity contribution in [1.29, 1.82) is 0 Å². The molecule has 2 aliphatic rings. The van der Waals surface area contributed by atoms with E-state index < -0.39 is 0 Å². The molecular formula is C16H30N2O. The van der Waals surface area contributed by atoms with E-state index in [0.717, 1.165) is 5.92 Å². The van der Waals surface area contributed by atoms with Crippen molar-refractivity contribution in [2.75, 3.05) is 6.54 Å². The molecule has 0 saturated heterocycles. The molecular weight excluding hydrogens is 236 g/mol. The van der Waals surface area contributed by atoms with Gasteiger partial charge in [0.05, 0.1) is 6.54 Å². The molecule has 1 atom stereocenters. The van der Waals surface area contributed by atoms with Gasteiger partial charge in [-0.15, -0.1) is 0 Å². The second kappa shape index (κ2) is 7.88. The van der Waals surface area contributed by atoms with Gasteiger partial charge in [-0.2, -0.15) is 0 Å². The van der Waals surface area contributed by atoms with Gasteiger partial charge >= 0.3 is 0 Å². The minimum Gasteiger partial charge on any atom is -0.352 e. The molecule has 3 nitrogen and oxygen atoms in total. The first-order valence-corrected chi connectivity index (χ1v) is 8.28. The summed E-state index contributed by atoms with van der Waals surface area (Å²) in [5, 5.41) is 6.62. The smallest absolute Gasteiger partial charge is 0.234 e. The zero-order valence-corrected chi connectivity index (χ0v) is 12.4. The lowest BCUT2D eigenvalue weighted by atomic mass is 10.00. The first kappa shape index (κ1) is 14.8. The molecule has 1 amide bonds. The molecule has 3 heteroatoms. The Morgan fingerprint density at radius 1 is 1.00 bits per heavy atom. The van der Waals surface area contributed by atoms with Gasteiger partial charge < -0.3 is 10.6 Å². The van der Waals surface area contributed by atoms with E-state index in [2.05, 4.69) is 17.6 Å². The van der Waals surface area contributed by atoms with E-state index in [1.54, 1.807) is 0 Å². The predicted octanol–water partition coefficient (Wildman–Crippen LogP) is 2.99. The van der Waals surface area contributed by atoms with Gasteiger partial charge in [0.1, 0.15) is 0 Å². The molecule has 2 saturated carbocycles. The number of hydrogen-bond donors (Lipinski definition) is 2. The lowest BCUT2D eigenvalue weighted by molar-refractivity contribution is -0.121. The molecule has 0 aromatic carbocycles. The van der Waals surface area contributed by atoms with Crippen LogP contribution in [0.5, 0.6) is 0 Å².